The molecule has 0 unspecified atom stereocenters. The van der Waals surface area contributed by atoms with Gasteiger partial charge in [-0.1, -0.05) is 11.8 Å². The predicted molar refractivity (Wildman–Crippen MR) is 74.1 cm³/mol. The van der Waals surface area contributed by atoms with Crippen molar-refractivity contribution in [2.75, 3.05) is 11.5 Å². The van der Waals surface area contributed by atoms with Crippen molar-refractivity contribution in [1.29, 1.82) is 0 Å². The van der Waals surface area contributed by atoms with Crippen molar-refractivity contribution in [3.8, 4) is 5.69 Å². The van der Waals surface area contributed by atoms with Crippen molar-refractivity contribution >= 4 is 23.5 Å². The van der Waals surface area contributed by atoms with Crippen LogP contribution in [0.5, 0.6) is 0 Å². The van der Waals surface area contributed by atoms with Crippen molar-refractivity contribution in [1.82, 2.24) is 9.55 Å². The van der Waals surface area contributed by atoms with Crippen LogP contribution in [0.3, 0.4) is 0 Å². The minimum atomic E-state index is -0.544. The first-order valence-electron chi connectivity index (χ1n) is 5.54. The number of benzene rings is 1. The summed E-state index contributed by atoms with van der Waals surface area (Å²) in [5, 5.41) is 0.223. The number of hydrogen-bond donors (Lipinski definition) is 2. The van der Waals surface area contributed by atoms with Crippen LogP contribution < -0.4 is 17.0 Å². The lowest BCUT2D eigenvalue weighted by atomic mass is 10.3. The number of aromatic nitrogens is 2. The summed E-state index contributed by atoms with van der Waals surface area (Å²) in [4.78, 5) is 26.0. The molecule has 0 aliphatic rings. The zero-order chi connectivity index (χ0) is 14.7. The number of anilines is 1. The number of rotatable bonds is 4. The van der Waals surface area contributed by atoms with Crippen LogP contribution in [0, 0.1) is 5.82 Å². The first-order valence-corrected chi connectivity index (χ1v) is 6.52. The third kappa shape index (κ3) is 3.15. The number of thioether (sulfide) groups is 1. The summed E-state index contributed by atoms with van der Waals surface area (Å²) in [7, 11) is 0. The molecule has 1 aromatic heterocycles. The van der Waals surface area contributed by atoms with Crippen LogP contribution in [-0.4, -0.2) is 21.2 Å². The van der Waals surface area contributed by atoms with E-state index in [9.17, 15) is 14.0 Å². The molecule has 0 bridgehead atoms. The summed E-state index contributed by atoms with van der Waals surface area (Å²) in [6.45, 7) is 0. The molecule has 0 radical (unpaired) electrons. The van der Waals surface area contributed by atoms with E-state index in [1.807, 2.05) is 0 Å². The fourth-order valence-corrected chi connectivity index (χ4v) is 2.33. The number of halogens is 1. The Balaban J connectivity index is 2.52. The van der Waals surface area contributed by atoms with E-state index in [2.05, 4.69) is 4.98 Å². The number of nitrogens with two attached hydrogens (primary N) is 2. The minimum absolute atomic E-state index is 0.0446. The van der Waals surface area contributed by atoms with E-state index >= 15 is 0 Å². The van der Waals surface area contributed by atoms with Gasteiger partial charge in [-0.15, -0.1) is 0 Å². The van der Waals surface area contributed by atoms with Crippen molar-refractivity contribution in [3.63, 3.8) is 0 Å². The van der Waals surface area contributed by atoms with E-state index in [-0.39, 0.29) is 16.7 Å². The first kappa shape index (κ1) is 14.1. The largest absolute Gasteiger partial charge is 0.385 e. The second-order valence-electron chi connectivity index (χ2n) is 3.87. The van der Waals surface area contributed by atoms with Gasteiger partial charge in [0.1, 0.15) is 11.6 Å². The van der Waals surface area contributed by atoms with Gasteiger partial charge in [0.2, 0.25) is 5.91 Å². The Morgan fingerprint density at radius 1 is 1.35 bits per heavy atom. The molecule has 0 fully saturated rings. The van der Waals surface area contributed by atoms with E-state index in [0.29, 0.717) is 5.69 Å². The van der Waals surface area contributed by atoms with Crippen LogP contribution in [0.25, 0.3) is 5.69 Å². The van der Waals surface area contributed by atoms with Gasteiger partial charge in [-0.05, 0) is 24.3 Å². The highest BCUT2D eigenvalue weighted by Gasteiger charge is 2.11. The smallest absolute Gasteiger partial charge is 0.275 e. The summed E-state index contributed by atoms with van der Waals surface area (Å²) in [6.07, 6.45) is 0. The molecule has 0 saturated heterocycles. The van der Waals surface area contributed by atoms with Gasteiger partial charge >= 0.3 is 0 Å². The second-order valence-corrected chi connectivity index (χ2v) is 4.81. The van der Waals surface area contributed by atoms with Gasteiger partial charge in [0.25, 0.3) is 5.56 Å². The van der Waals surface area contributed by atoms with Crippen LogP contribution >= 0.6 is 11.8 Å². The number of primary amides is 1. The topological polar surface area (TPSA) is 104 Å². The average molecular weight is 294 g/mol. The number of carbonyl (C=O) groups is 1. The lowest BCUT2D eigenvalue weighted by Gasteiger charge is -2.14. The summed E-state index contributed by atoms with van der Waals surface area (Å²) in [5.74, 6) is -0.842. The fraction of sp³-hybridized carbons (Fsp3) is 0.0833. The molecule has 0 aliphatic heterocycles. The first-order chi connectivity index (χ1) is 9.47. The molecule has 1 amide bonds. The van der Waals surface area contributed by atoms with Crippen molar-refractivity contribution < 1.29 is 9.18 Å². The molecule has 0 saturated carbocycles. The molecular weight excluding hydrogens is 283 g/mol. The zero-order valence-corrected chi connectivity index (χ0v) is 11.1. The SMILES string of the molecule is NC(=O)CSc1nc(=O)cc(N)n1-c1ccc(F)cc1. The Bertz CT molecular complexity index is 700. The van der Waals surface area contributed by atoms with Crippen LogP contribution in [-0.2, 0) is 4.79 Å². The van der Waals surface area contributed by atoms with E-state index in [1.165, 1.54) is 28.8 Å². The van der Waals surface area contributed by atoms with Gasteiger partial charge in [-0.2, -0.15) is 4.98 Å². The molecule has 0 aliphatic carbocycles. The van der Waals surface area contributed by atoms with Crippen molar-refractivity contribution in [2.24, 2.45) is 5.73 Å². The van der Waals surface area contributed by atoms with Gasteiger partial charge in [-0.25, -0.2) is 4.39 Å². The quantitative estimate of drug-likeness (QED) is 0.632. The fourth-order valence-electron chi connectivity index (χ4n) is 1.56. The van der Waals surface area contributed by atoms with Crippen LogP contribution in [0.1, 0.15) is 0 Å². The monoisotopic (exact) mass is 294 g/mol. The van der Waals surface area contributed by atoms with Crippen molar-refractivity contribution in [3.05, 3.63) is 46.5 Å². The second kappa shape index (κ2) is 5.74. The van der Waals surface area contributed by atoms with Gasteiger partial charge in [0.05, 0.1) is 5.75 Å². The van der Waals surface area contributed by atoms with E-state index < -0.39 is 17.3 Å². The highest BCUT2D eigenvalue weighted by molar-refractivity contribution is 7.99. The van der Waals surface area contributed by atoms with Crippen molar-refractivity contribution in [2.45, 2.75) is 5.16 Å². The third-order valence-corrected chi connectivity index (χ3v) is 3.32. The molecule has 8 heteroatoms. The lowest BCUT2D eigenvalue weighted by molar-refractivity contribution is -0.115. The Morgan fingerprint density at radius 3 is 2.60 bits per heavy atom. The maximum Gasteiger partial charge on any atom is 0.275 e. The summed E-state index contributed by atoms with van der Waals surface area (Å²) in [6, 6.07) is 6.65. The standard InChI is InChI=1S/C12H11FN4O2S/c13-7-1-3-8(4-2-7)17-9(14)5-11(19)16-12(17)20-6-10(15)18/h1-5H,6,14H2,(H2,15,18). The van der Waals surface area contributed by atoms with E-state index in [1.54, 1.807) is 0 Å². The maximum absolute atomic E-state index is 12.9. The maximum atomic E-state index is 12.9. The highest BCUT2D eigenvalue weighted by Crippen LogP contribution is 2.22. The van der Waals surface area contributed by atoms with Crippen LogP contribution in [0.15, 0.2) is 40.3 Å². The minimum Gasteiger partial charge on any atom is -0.385 e. The summed E-state index contributed by atoms with van der Waals surface area (Å²) >= 11 is 0.986. The van der Waals surface area contributed by atoms with Crippen LogP contribution in [0.2, 0.25) is 0 Å². The predicted octanol–water partition coefficient (Wildman–Crippen LogP) is 0.531. The Labute approximate surface area is 117 Å². The lowest BCUT2D eigenvalue weighted by Crippen LogP contribution is -2.19. The number of nitrogens with zero attached hydrogens (tertiary/aromatic N) is 2. The molecule has 20 heavy (non-hydrogen) atoms. The Kier molecular flexibility index (Phi) is 4.04. The molecule has 104 valence electrons. The molecule has 0 atom stereocenters. The van der Waals surface area contributed by atoms with Gasteiger partial charge in [-0.3, -0.25) is 14.2 Å². The average Bonchev–Trinajstić information content (AvgIpc) is 2.37. The van der Waals surface area contributed by atoms with Crippen LogP contribution in [0.4, 0.5) is 10.2 Å². The molecule has 6 nitrogen and oxygen atoms in total. The zero-order valence-electron chi connectivity index (χ0n) is 10.2. The Hall–Kier alpha value is -2.35. The molecular formula is C12H11FN4O2S. The molecule has 1 aromatic carbocycles. The Morgan fingerprint density at radius 2 is 2.00 bits per heavy atom. The summed E-state index contributed by atoms with van der Waals surface area (Å²) < 4.78 is 14.4. The van der Waals surface area contributed by atoms with Gasteiger partial charge in [0, 0.05) is 11.8 Å². The van der Waals surface area contributed by atoms with E-state index in [4.69, 9.17) is 11.5 Å². The number of carbonyl (C=O) groups excluding carboxylic acids is 1. The molecule has 0 spiro atoms. The third-order valence-electron chi connectivity index (χ3n) is 2.36. The molecule has 2 aromatic rings. The van der Waals surface area contributed by atoms with Gasteiger partial charge < -0.3 is 11.5 Å². The number of nitrogen functional groups attached to an aromatic ring is 1. The number of amides is 1. The molecule has 2 rings (SSSR count). The molecule has 1 heterocycles. The van der Waals surface area contributed by atoms with Gasteiger partial charge in [0.15, 0.2) is 5.16 Å². The molecule has 4 N–H and O–H groups in total. The van der Waals surface area contributed by atoms with E-state index in [0.717, 1.165) is 17.8 Å². The highest BCUT2D eigenvalue weighted by atomic mass is 32.2. The summed E-state index contributed by atoms with van der Waals surface area (Å²) in [5.41, 5.74) is 10.9. The number of hydrogen-bond acceptors (Lipinski definition) is 5. The normalized spacial score (nSPS) is 10.4.